The third-order valence-corrected chi connectivity index (χ3v) is 0. The molecule has 0 saturated heterocycles. The Morgan fingerprint density at radius 3 is 1.60 bits per heavy atom. The molecule has 0 aromatic carbocycles. The van der Waals surface area contributed by atoms with Crippen molar-refractivity contribution in [3.05, 3.63) is 0 Å². The van der Waals surface area contributed by atoms with Crippen LogP contribution in [0.4, 0.5) is 0 Å². The molecule has 31 valence electrons. The third-order valence-electron chi connectivity index (χ3n) is 0. The van der Waals surface area contributed by atoms with Crippen LogP contribution < -0.4 is 5.73 Å². The lowest BCUT2D eigenvalue weighted by Crippen LogP contribution is -1.69. The van der Waals surface area contributed by atoms with E-state index in [4.69, 9.17) is 4.79 Å². The Morgan fingerprint density at radius 2 is 1.60 bits per heavy atom. The predicted octanol–water partition coefficient (Wildman–Crippen LogP) is -0.309. The molecule has 0 rings (SSSR count). The summed E-state index contributed by atoms with van der Waals surface area (Å²) in [5, 5.41) is 0. The lowest BCUT2D eigenvalue weighted by Gasteiger charge is -1.19. The van der Waals surface area contributed by atoms with Crippen LogP contribution in [-0.2, 0) is 4.79 Å². The van der Waals surface area contributed by atoms with Gasteiger partial charge in [-0.05, 0) is 7.05 Å². The zero-order chi connectivity index (χ0) is 4.71. The van der Waals surface area contributed by atoms with E-state index in [1.807, 2.05) is 0 Å². The van der Waals surface area contributed by atoms with Gasteiger partial charge in [0.05, 0.1) is 0 Å². The lowest BCUT2D eigenvalue weighted by molar-refractivity contribution is 0.560. The smallest absolute Gasteiger partial charge is 0.195 e. The van der Waals surface area contributed by atoms with E-state index in [1.54, 1.807) is 0 Å². The summed E-state index contributed by atoms with van der Waals surface area (Å²) in [6.45, 7) is 1.32. The van der Waals surface area contributed by atoms with Crippen molar-refractivity contribution in [2.75, 3.05) is 7.05 Å². The molecule has 0 aromatic heterocycles. The van der Waals surface area contributed by atoms with Crippen LogP contribution in [0.1, 0.15) is 6.92 Å². The highest BCUT2D eigenvalue weighted by molar-refractivity contribution is 5.45. The number of rotatable bonds is 0. The van der Waals surface area contributed by atoms with Crippen molar-refractivity contribution in [2.45, 2.75) is 6.92 Å². The van der Waals surface area contributed by atoms with Crippen LogP contribution in [-0.4, -0.2) is 13.3 Å². The Hall–Kier alpha value is -0.370. The molecule has 0 fully saturated rings. The number of hydrogen-bond acceptors (Lipinski definition) is 2. The minimum Gasteiger partial charge on any atom is -0.333 e. The second kappa shape index (κ2) is 63.3. The monoisotopic (exact) mass is 74.1 g/mol. The fourth-order valence-corrected chi connectivity index (χ4v) is 0. The predicted molar refractivity (Wildman–Crippen MR) is 21.5 cm³/mol. The van der Waals surface area contributed by atoms with Gasteiger partial charge in [0.2, 0.25) is 0 Å². The van der Waals surface area contributed by atoms with Crippen LogP contribution in [0.5, 0.6) is 0 Å². The Labute approximate surface area is 32.0 Å². The molecule has 0 aliphatic rings. The molecule has 0 aliphatic carbocycles. The van der Waals surface area contributed by atoms with Crippen LogP contribution in [0, 0.1) is 0 Å². The van der Waals surface area contributed by atoms with Crippen molar-refractivity contribution < 1.29 is 4.79 Å². The van der Waals surface area contributed by atoms with Gasteiger partial charge in [0.1, 0.15) is 0 Å². The zero-order valence-corrected chi connectivity index (χ0v) is 3.49. The maximum atomic E-state index is 8.68. The molecule has 0 saturated carbocycles. The topological polar surface area (TPSA) is 43.1 Å². The number of hydrogen-bond donors (Lipinski definition) is 1. The van der Waals surface area contributed by atoms with Gasteiger partial charge < -0.3 is 5.73 Å². The maximum Gasteiger partial charge on any atom is 0.195 e. The normalized spacial score (nSPS) is 3.80. The van der Waals surface area contributed by atoms with E-state index >= 15 is 0 Å². The van der Waals surface area contributed by atoms with Gasteiger partial charge in [-0.3, -0.25) is 4.79 Å². The van der Waals surface area contributed by atoms with Gasteiger partial charge in [-0.2, -0.15) is 0 Å². The average molecular weight is 74.1 g/mol. The highest BCUT2D eigenvalue weighted by Gasteiger charge is 1.29. The van der Waals surface area contributed by atoms with E-state index in [1.165, 1.54) is 20.3 Å². The fourth-order valence-electron chi connectivity index (χ4n) is 0. The first-order valence-electron chi connectivity index (χ1n) is 1.28. The first-order chi connectivity index (χ1) is 2.41. The highest BCUT2D eigenvalue weighted by Crippen LogP contribution is 1.13. The zero-order valence-electron chi connectivity index (χ0n) is 3.49. The average Bonchev–Trinajstić information content (AvgIpc) is 1.46. The fraction of sp³-hybridized carbons (Fsp3) is 0.667. The maximum absolute atomic E-state index is 8.68. The van der Waals surface area contributed by atoms with Crippen molar-refractivity contribution in [3.8, 4) is 0 Å². The van der Waals surface area contributed by atoms with Crippen molar-refractivity contribution in [1.82, 2.24) is 0 Å². The van der Waals surface area contributed by atoms with Crippen LogP contribution in [0.2, 0.25) is 0 Å². The minimum absolute atomic E-state index is 1.32. The van der Waals surface area contributed by atoms with E-state index in [-0.39, 0.29) is 0 Å². The second-order valence-corrected chi connectivity index (χ2v) is 0.204. The Bertz CT molecular complexity index is 14.4. The second-order valence-electron chi connectivity index (χ2n) is 0.204. The summed E-state index contributed by atoms with van der Waals surface area (Å²) in [5.74, 6) is 0. The van der Waals surface area contributed by atoms with Crippen LogP contribution in [0.25, 0.3) is 0 Å². The summed E-state index contributed by atoms with van der Waals surface area (Å²) in [6.07, 6.45) is 1.50. The molecule has 0 atom stereocenters. The Balaban J connectivity index is 0. The van der Waals surface area contributed by atoms with Gasteiger partial charge >= 0.3 is 0 Å². The van der Waals surface area contributed by atoms with E-state index in [0.717, 1.165) is 0 Å². The largest absolute Gasteiger partial charge is 0.333 e. The summed E-state index contributed by atoms with van der Waals surface area (Å²) in [6, 6.07) is 0. The highest BCUT2D eigenvalue weighted by atomic mass is 16.1. The number of nitrogens with two attached hydrogens (primary N) is 1. The van der Waals surface area contributed by atoms with Crippen molar-refractivity contribution in [2.24, 2.45) is 5.73 Å². The summed E-state index contributed by atoms with van der Waals surface area (Å²) in [7, 11) is 1.50. The van der Waals surface area contributed by atoms with Gasteiger partial charge in [-0.1, -0.05) is 0 Å². The molecule has 0 spiro atoms. The molecular formula is C3H8NO. The van der Waals surface area contributed by atoms with Crippen LogP contribution in [0.15, 0.2) is 0 Å². The lowest BCUT2D eigenvalue weighted by atomic mass is 11.0. The standard InChI is InChI=1S/C2H3O.CH5N/c1-2-3;1-2/h1H3;2H2,1H3. The molecular weight excluding hydrogens is 66.0 g/mol. The molecule has 2 nitrogen and oxygen atoms in total. The third kappa shape index (κ3) is 70.4. The molecule has 0 amide bonds. The van der Waals surface area contributed by atoms with E-state index in [9.17, 15) is 0 Å². The molecule has 5 heavy (non-hydrogen) atoms. The minimum atomic E-state index is 1.32. The SMILES string of the molecule is CN.C[C]=O. The van der Waals surface area contributed by atoms with E-state index in [0.29, 0.717) is 0 Å². The van der Waals surface area contributed by atoms with Gasteiger partial charge in [0.25, 0.3) is 0 Å². The first-order valence-corrected chi connectivity index (χ1v) is 1.28. The molecule has 0 unspecified atom stereocenters. The molecule has 0 bridgehead atoms. The van der Waals surface area contributed by atoms with Crippen molar-refractivity contribution in [1.29, 1.82) is 0 Å². The summed E-state index contributed by atoms with van der Waals surface area (Å²) < 4.78 is 0. The van der Waals surface area contributed by atoms with Crippen LogP contribution >= 0.6 is 0 Å². The van der Waals surface area contributed by atoms with Crippen molar-refractivity contribution in [3.63, 3.8) is 0 Å². The van der Waals surface area contributed by atoms with Crippen molar-refractivity contribution >= 4 is 6.29 Å². The first kappa shape index (κ1) is 8.82. The summed E-state index contributed by atoms with van der Waals surface area (Å²) in [5.41, 5.74) is 4.50. The Morgan fingerprint density at radius 1 is 1.60 bits per heavy atom. The quantitative estimate of drug-likeness (QED) is 0.428. The summed E-state index contributed by atoms with van der Waals surface area (Å²) in [4.78, 5) is 8.68. The van der Waals surface area contributed by atoms with Gasteiger partial charge in [0.15, 0.2) is 6.29 Å². The molecule has 2 heteroatoms. The molecule has 1 radical (unpaired) electrons. The van der Waals surface area contributed by atoms with E-state index < -0.39 is 0 Å². The molecule has 2 N–H and O–H groups in total. The summed E-state index contributed by atoms with van der Waals surface area (Å²) >= 11 is 0. The molecule has 0 heterocycles. The van der Waals surface area contributed by atoms with Crippen LogP contribution in [0.3, 0.4) is 0 Å². The van der Waals surface area contributed by atoms with Gasteiger partial charge in [0, 0.05) is 6.92 Å². The molecule has 0 aromatic rings. The molecule has 0 aliphatic heterocycles. The van der Waals surface area contributed by atoms with Gasteiger partial charge in [-0.15, -0.1) is 0 Å². The van der Waals surface area contributed by atoms with Gasteiger partial charge in [-0.25, -0.2) is 0 Å². The van der Waals surface area contributed by atoms with E-state index in [2.05, 4.69) is 5.73 Å². The Kier molecular flexibility index (Phi) is 112. The number of carbonyl (C=O) groups excluding carboxylic acids is 1.